The number of fused-ring (bicyclic) bond motifs is 1. The Morgan fingerprint density at radius 3 is 3.08 bits per heavy atom. The first-order chi connectivity index (χ1) is 12.6. The maximum atomic E-state index is 12.6. The SMILES string of the molecule is O=C(NC[C@H]1CCCN1C(=O)c1cc(Br)co1)c1cccc2nccn12. The fraction of sp³-hybridized carbons (Fsp3) is 0.278. The van der Waals surface area contributed by atoms with Gasteiger partial charge in [0, 0.05) is 37.6 Å². The number of carbonyl (C=O) groups excluding carboxylic acids is 2. The summed E-state index contributed by atoms with van der Waals surface area (Å²) >= 11 is 3.29. The summed E-state index contributed by atoms with van der Waals surface area (Å²) in [5.74, 6) is -0.0314. The highest BCUT2D eigenvalue weighted by Crippen LogP contribution is 2.22. The zero-order valence-electron chi connectivity index (χ0n) is 13.9. The van der Waals surface area contributed by atoms with E-state index in [1.807, 2.05) is 6.07 Å². The number of nitrogens with one attached hydrogen (secondary N) is 1. The van der Waals surface area contributed by atoms with Gasteiger partial charge in [-0.3, -0.25) is 14.0 Å². The summed E-state index contributed by atoms with van der Waals surface area (Å²) in [4.78, 5) is 31.1. The Morgan fingerprint density at radius 2 is 2.27 bits per heavy atom. The van der Waals surface area contributed by atoms with Crippen molar-refractivity contribution >= 4 is 33.4 Å². The van der Waals surface area contributed by atoms with E-state index in [9.17, 15) is 9.59 Å². The van der Waals surface area contributed by atoms with Crippen LogP contribution < -0.4 is 5.32 Å². The van der Waals surface area contributed by atoms with Crippen LogP contribution in [0.4, 0.5) is 0 Å². The number of carbonyl (C=O) groups is 2. The number of likely N-dealkylation sites (tertiary alicyclic amines) is 1. The molecule has 134 valence electrons. The predicted octanol–water partition coefficient (Wildman–Crippen LogP) is 2.72. The molecule has 8 heteroatoms. The Labute approximate surface area is 158 Å². The van der Waals surface area contributed by atoms with Crippen LogP contribution in [0.5, 0.6) is 0 Å². The van der Waals surface area contributed by atoms with Gasteiger partial charge in [0.25, 0.3) is 11.8 Å². The summed E-state index contributed by atoms with van der Waals surface area (Å²) in [5.41, 5.74) is 1.24. The number of pyridine rings is 1. The zero-order valence-corrected chi connectivity index (χ0v) is 15.5. The highest BCUT2D eigenvalue weighted by molar-refractivity contribution is 9.10. The maximum absolute atomic E-state index is 12.6. The number of rotatable bonds is 4. The monoisotopic (exact) mass is 416 g/mol. The molecule has 1 atom stereocenters. The molecule has 26 heavy (non-hydrogen) atoms. The van der Waals surface area contributed by atoms with E-state index in [0.29, 0.717) is 24.5 Å². The second-order valence-electron chi connectivity index (χ2n) is 6.20. The molecule has 0 saturated carbocycles. The maximum Gasteiger partial charge on any atom is 0.289 e. The van der Waals surface area contributed by atoms with Crippen molar-refractivity contribution in [2.24, 2.45) is 0 Å². The summed E-state index contributed by atoms with van der Waals surface area (Å²) in [6, 6.07) is 7.02. The molecule has 3 aromatic heterocycles. The number of furan rings is 1. The normalized spacial score (nSPS) is 17.0. The lowest BCUT2D eigenvalue weighted by atomic mass is 10.2. The summed E-state index contributed by atoms with van der Waals surface area (Å²) < 4.78 is 7.76. The minimum atomic E-state index is -0.186. The second-order valence-corrected chi connectivity index (χ2v) is 7.12. The van der Waals surface area contributed by atoms with E-state index >= 15 is 0 Å². The van der Waals surface area contributed by atoms with Crippen molar-refractivity contribution in [1.82, 2.24) is 19.6 Å². The van der Waals surface area contributed by atoms with Gasteiger partial charge in [-0.1, -0.05) is 6.07 Å². The van der Waals surface area contributed by atoms with Crippen LogP contribution in [0, 0.1) is 0 Å². The number of amides is 2. The molecule has 0 radical (unpaired) electrons. The van der Waals surface area contributed by atoms with Crippen LogP contribution in [0.15, 0.2) is 51.8 Å². The third kappa shape index (κ3) is 3.12. The van der Waals surface area contributed by atoms with Crippen molar-refractivity contribution in [3.8, 4) is 0 Å². The van der Waals surface area contributed by atoms with Gasteiger partial charge in [-0.05, 0) is 40.9 Å². The fourth-order valence-corrected chi connectivity index (χ4v) is 3.62. The van der Waals surface area contributed by atoms with Crippen molar-refractivity contribution in [3.63, 3.8) is 0 Å². The first kappa shape index (κ1) is 16.8. The van der Waals surface area contributed by atoms with Crippen molar-refractivity contribution in [1.29, 1.82) is 0 Å². The molecular weight excluding hydrogens is 400 g/mol. The van der Waals surface area contributed by atoms with Crippen molar-refractivity contribution in [2.75, 3.05) is 13.1 Å². The second kappa shape index (κ2) is 6.95. The van der Waals surface area contributed by atoms with Crippen LogP contribution in [0.3, 0.4) is 0 Å². The van der Waals surface area contributed by atoms with Crippen LogP contribution in [-0.4, -0.2) is 45.2 Å². The molecule has 0 bridgehead atoms. The molecule has 4 rings (SSSR count). The van der Waals surface area contributed by atoms with Gasteiger partial charge in [0.15, 0.2) is 5.76 Å². The number of hydrogen-bond donors (Lipinski definition) is 1. The largest absolute Gasteiger partial charge is 0.458 e. The van der Waals surface area contributed by atoms with Crippen molar-refractivity contribution in [2.45, 2.75) is 18.9 Å². The quantitative estimate of drug-likeness (QED) is 0.708. The lowest BCUT2D eigenvalue weighted by Gasteiger charge is -2.24. The fourth-order valence-electron chi connectivity index (χ4n) is 3.32. The molecule has 7 nitrogen and oxygen atoms in total. The number of imidazole rings is 1. The van der Waals surface area contributed by atoms with E-state index in [4.69, 9.17) is 4.42 Å². The van der Waals surface area contributed by atoms with Crippen LogP contribution in [0.25, 0.3) is 5.65 Å². The molecule has 1 fully saturated rings. The van der Waals surface area contributed by atoms with Gasteiger partial charge < -0.3 is 14.6 Å². The molecule has 3 aromatic rings. The molecule has 0 spiro atoms. The van der Waals surface area contributed by atoms with Crippen molar-refractivity contribution in [3.05, 3.63) is 58.8 Å². The smallest absolute Gasteiger partial charge is 0.289 e. The molecule has 4 heterocycles. The average molecular weight is 417 g/mol. The van der Waals surface area contributed by atoms with E-state index in [-0.39, 0.29) is 17.9 Å². The third-order valence-electron chi connectivity index (χ3n) is 4.58. The van der Waals surface area contributed by atoms with Gasteiger partial charge in [-0.2, -0.15) is 0 Å². The lowest BCUT2D eigenvalue weighted by Crippen LogP contribution is -2.43. The highest BCUT2D eigenvalue weighted by atomic mass is 79.9. The Kier molecular flexibility index (Phi) is 4.50. The van der Waals surface area contributed by atoms with Crippen LogP contribution >= 0.6 is 15.9 Å². The van der Waals surface area contributed by atoms with Crippen LogP contribution in [-0.2, 0) is 0 Å². The minimum Gasteiger partial charge on any atom is -0.458 e. The number of nitrogens with zero attached hydrogens (tertiary/aromatic N) is 3. The molecule has 1 saturated heterocycles. The third-order valence-corrected chi connectivity index (χ3v) is 4.99. The molecule has 1 N–H and O–H groups in total. The van der Waals surface area contributed by atoms with E-state index in [1.165, 1.54) is 6.26 Å². The van der Waals surface area contributed by atoms with Crippen LogP contribution in [0.1, 0.15) is 33.9 Å². The van der Waals surface area contributed by atoms with Gasteiger partial charge in [-0.15, -0.1) is 0 Å². The first-order valence-electron chi connectivity index (χ1n) is 8.39. The predicted molar refractivity (Wildman–Crippen MR) is 98.0 cm³/mol. The van der Waals surface area contributed by atoms with Crippen LogP contribution in [0.2, 0.25) is 0 Å². The Balaban J connectivity index is 1.44. The van der Waals surface area contributed by atoms with E-state index < -0.39 is 0 Å². The Hall–Kier alpha value is -2.61. The van der Waals surface area contributed by atoms with E-state index in [0.717, 1.165) is 23.0 Å². The van der Waals surface area contributed by atoms with E-state index in [2.05, 4.69) is 26.2 Å². The average Bonchev–Trinajstić information content (AvgIpc) is 3.38. The Bertz CT molecular complexity index is 964. The molecule has 0 aliphatic carbocycles. The van der Waals surface area contributed by atoms with Gasteiger partial charge >= 0.3 is 0 Å². The zero-order chi connectivity index (χ0) is 18.1. The van der Waals surface area contributed by atoms with Crippen molar-refractivity contribution < 1.29 is 14.0 Å². The van der Waals surface area contributed by atoms with Gasteiger partial charge in [0.1, 0.15) is 17.6 Å². The first-order valence-corrected chi connectivity index (χ1v) is 9.18. The number of halogens is 1. The number of hydrogen-bond acceptors (Lipinski definition) is 4. The van der Waals surface area contributed by atoms with Gasteiger partial charge in [0.2, 0.25) is 0 Å². The van der Waals surface area contributed by atoms with E-state index in [1.54, 1.807) is 39.9 Å². The number of aromatic nitrogens is 2. The molecule has 2 amide bonds. The van der Waals surface area contributed by atoms with Gasteiger partial charge in [0.05, 0.1) is 4.47 Å². The topological polar surface area (TPSA) is 79.8 Å². The Morgan fingerprint density at radius 1 is 1.38 bits per heavy atom. The summed E-state index contributed by atoms with van der Waals surface area (Å²) in [6.45, 7) is 1.06. The minimum absolute atomic E-state index is 0.0442. The molecule has 0 aromatic carbocycles. The molecule has 1 aliphatic heterocycles. The molecule has 0 unspecified atom stereocenters. The molecular formula is C18H17BrN4O3. The standard InChI is InChI=1S/C18H17BrN4O3/c19-12-9-15(26-11-12)18(25)22-7-2-3-13(22)10-21-17(24)14-4-1-5-16-20-6-8-23(14)16/h1,4-6,8-9,11,13H,2-3,7,10H2,(H,21,24)/t13-/m1/s1. The highest BCUT2D eigenvalue weighted by Gasteiger charge is 2.31. The lowest BCUT2D eigenvalue weighted by molar-refractivity contribution is 0.0694. The summed E-state index contributed by atoms with van der Waals surface area (Å²) in [7, 11) is 0. The van der Waals surface area contributed by atoms with Gasteiger partial charge in [-0.25, -0.2) is 4.98 Å². The summed E-state index contributed by atoms with van der Waals surface area (Å²) in [5, 5.41) is 2.94. The molecule has 1 aliphatic rings. The summed E-state index contributed by atoms with van der Waals surface area (Å²) in [6.07, 6.45) is 6.66.